The molecule has 4 heterocycles. The fourth-order valence-corrected chi connectivity index (χ4v) is 9.56. The van der Waals surface area contributed by atoms with Gasteiger partial charge in [0.2, 0.25) is 0 Å². The van der Waals surface area contributed by atoms with Gasteiger partial charge in [0.05, 0.1) is 11.0 Å². The fraction of sp³-hybridized carbons (Fsp3) is 0. The smallest absolute Gasteiger partial charge is 0.137 e. The van der Waals surface area contributed by atoms with Crippen LogP contribution in [0.2, 0.25) is 0 Å². The van der Waals surface area contributed by atoms with Crippen molar-refractivity contribution >= 4 is 65.7 Å². The summed E-state index contributed by atoms with van der Waals surface area (Å²) in [6, 6.07) is 75.8. The van der Waals surface area contributed by atoms with Crippen LogP contribution in [-0.2, 0) is 0 Å². The minimum Gasteiger partial charge on any atom is -0.456 e. The van der Waals surface area contributed by atoms with E-state index >= 15 is 0 Å². The number of hydrogen-bond donors (Lipinski definition) is 0. The molecule has 0 unspecified atom stereocenters. The van der Waals surface area contributed by atoms with Crippen LogP contribution < -0.4 is 0 Å². The summed E-state index contributed by atoms with van der Waals surface area (Å²) in [4.78, 5) is 4.82. The Morgan fingerprint density at radius 3 is 1.06 bits per heavy atom. The van der Waals surface area contributed by atoms with Gasteiger partial charge in [-0.15, -0.1) is 0 Å². The molecule has 0 spiro atoms. The second kappa shape index (κ2) is 14.1. The number of hydrogen-bond acceptors (Lipinski definition) is 3. The maximum atomic E-state index is 6.14. The number of benzene rings is 9. The Hall–Kier alpha value is -8.47. The molecule has 0 aliphatic carbocycles. The molecule has 0 aliphatic rings. The second-order valence-corrected chi connectivity index (χ2v) is 16.3. The lowest BCUT2D eigenvalue weighted by molar-refractivity contribution is 0.668. The van der Waals surface area contributed by atoms with Gasteiger partial charge in [-0.3, -0.25) is 4.57 Å². The number of rotatable bonds is 6. The number of aromatic nitrogens is 2. The first kappa shape index (κ1) is 35.3. The Labute approximate surface area is 362 Å². The summed E-state index contributed by atoms with van der Waals surface area (Å²) in [7, 11) is 0. The van der Waals surface area contributed by atoms with Crippen LogP contribution in [-0.4, -0.2) is 9.55 Å². The summed E-state index contributed by atoms with van der Waals surface area (Å²) in [6.07, 6.45) is 1.86. The zero-order chi connectivity index (χ0) is 41.4. The molecule has 13 rings (SSSR count). The first-order valence-electron chi connectivity index (χ1n) is 21.3. The van der Waals surface area contributed by atoms with E-state index < -0.39 is 0 Å². The van der Waals surface area contributed by atoms with Crippen molar-refractivity contribution in [1.82, 2.24) is 9.55 Å². The first-order chi connectivity index (χ1) is 31.2. The Balaban J connectivity index is 0.896. The van der Waals surface area contributed by atoms with Crippen LogP contribution in [0.4, 0.5) is 0 Å². The molecule has 0 fully saturated rings. The Bertz CT molecular complexity index is 3920. The minimum absolute atomic E-state index is 0.893. The predicted molar refractivity (Wildman–Crippen MR) is 260 cm³/mol. The van der Waals surface area contributed by atoms with Crippen LogP contribution >= 0.6 is 0 Å². The van der Waals surface area contributed by atoms with Crippen molar-refractivity contribution in [3.05, 3.63) is 219 Å². The summed E-state index contributed by atoms with van der Waals surface area (Å²) in [6.45, 7) is 0. The van der Waals surface area contributed by atoms with Gasteiger partial charge in [-0.1, -0.05) is 121 Å². The van der Waals surface area contributed by atoms with E-state index in [0.29, 0.717) is 0 Å². The Morgan fingerprint density at radius 1 is 0.270 bits per heavy atom. The average Bonchev–Trinajstić information content (AvgIpc) is 4.03. The van der Waals surface area contributed by atoms with Gasteiger partial charge in [-0.05, 0) is 147 Å². The summed E-state index contributed by atoms with van der Waals surface area (Å²) >= 11 is 0. The van der Waals surface area contributed by atoms with Gasteiger partial charge >= 0.3 is 0 Å². The van der Waals surface area contributed by atoms with E-state index in [0.717, 1.165) is 99.7 Å². The number of furan rings is 2. The number of nitrogens with zero attached hydrogens (tertiary/aromatic N) is 2. The Morgan fingerprint density at radius 2 is 0.635 bits per heavy atom. The molecule has 0 saturated heterocycles. The van der Waals surface area contributed by atoms with Gasteiger partial charge < -0.3 is 8.83 Å². The average molecular weight is 805 g/mol. The number of pyridine rings is 1. The molecule has 0 amide bonds. The normalized spacial score (nSPS) is 11.8. The summed E-state index contributed by atoms with van der Waals surface area (Å²) in [5.74, 6) is 0.893. The standard InChI is InChI=1S/C59H36N2O2/c1-3-18-55-47(16-1)51-35-45(23-27-57(51)62-55)41-14-8-11-38(31-41)37-10-7-12-39(30-37)43-21-25-53-49(33-43)50-34-44(22-26-54(50)61(53)59-20-5-6-29-60-59)40-13-9-15-42(32-40)46-24-28-58-52(36-46)48-17-2-4-19-56(48)63-58/h1-36H. The highest BCUT2D eigenvalue weighted by Gasteiger charge is 2.17. The highest BCUT2D eigenvalue weighted by atomic mass is 16.3. The molecule has 4 nitrogen and oxygen atoms in total. The molecule has 0 atom stereocenters. The summed E-state index contributed by atoms with van der Waals surface area (Å²) in [5.41, 5.74) is 17.5. The predicted octanol–water partition coefficient (Wildman–Crippen LogP) is 16.3. The lowest BCUT2D eigenvalue weighted by Crippen LogP contribution is -1.96. The van der Waals surface area contributed by atoms with Crippen LogP contribution in [0.15, 0.2) is 227 Å². The van der Waals surface area contributed by atoms with Crippen LogP contribution in [0.3, 0.4) is 0 Å². The molecule has 0 radical (unpaired) electrons. The molecule has 0 aliphatic heterocycles. The third kappa shape index (κ3) is 5.88. The maximum absolute atomic E-state index is 6.14. The topological polar surface area (TPSA) is 44.1 Å². The van der Waals surface area contributed by atoms with E-state index in [9.17, 15) is 0 Å². The monoisotopic (exact) mass is 804 g/mol. The molecule has 4 heteroatoms. The Kier molecular flexibility index (Phi) is 7.87. The summed E-state index contributed by atoms with van der Waals surface area (Å²) in [5, 5.41) is 6.89. The largest absolute Gasteiger partial charge is 0.456 e. The zero-order valence-corrected chi connectivity index (χ0v) is 34.0. The van der Waals surface area contributed by atoms with Crippen molar-refractivity contribution in [2.75, 3.05) is 0 Å². The molecule has 9 aromatic carbocycles. The third-order valence-corrected chi connectivity index (χ3v) is 12.7. The quantitative estimate of drug-likeness (QED) is 0.168. The minimum atomic E-state index is 0.893. The van der Waals surface area contributed by atoms with E-state index in [1.807, 2.05) is 36.5 Å². The first-order valence-corrected chi connectivity index (χ1v) is 21.3. The van der Waals surface area contributed by atoms with Crippen molar-refractivity contribution in [1.29, 1.82) is 0 Å². The van der Waals surface area contributed by atoms with Crippen molar-refractivity contribution in [2.24, 2.45) is 0 Å². The molecule has 13 aromatic rings. The number of fused-ring (bicyclic) bond motifs is 9. The molecule has 0 saturated carbocycles. The fourth-order valence-electron chi connectivity index (χ4n) is 9.56. The lowest BCUT2D eigenvalue weighted by atomic mass is 9.95. The molecular weight excluding hydrogens is 769 g/mol. The van der Waals surface area contributed by atoms with Gasteiger partial charge in [0.1, 0.15) is 28.1 Å². The SMILES string of the molecule is c1ccc(-n2c3ccc(-c4cccc(-c5cccc(-c6ccc7oc8ccccc8c7c6)c5)c4)cc3c3cc(-c4cccc(-c5ccc6oc7ccccc7c6c5)c4)ccc32)nc1. The molecule has 63 heavy (non-hydrogen) atoms. The molecule has 4 aromatic heterocycles. The van der Waals surface area contributed by atoms with Crippen molar-refractivity contribution in [2.45, 2.75) is 0 Å². The van der Waals surface area contributed by atoms with E-state index in [1.54, 1.807) is 0 Å². The van der Waals surface area contributed by atoms with Gasteiger partial charge in [0.25, 0.3) is 0 Å². The highest BCUT2D eigenvalue weighted by Crippen LogP contribution is 2.40. The zero-order valence-electron chi connectivity index (χ0n) is 34.0. The summed E-state index contributed by atoms with van der Waals surface area (Å²) < 4.78 is 14.5. The van der Waals surface area contributed by atoms with E-state index in [1.165, 1.54) is 27.5 Å². The van der Waals surface area contributed by atoms with E-state index in [-0.39, 0.29) is 0 Å². The van der Waals surface area contributed by atoms with Gasteiger partial charge in [0, 0.05) is 38.5 Å². The maximum Gasteiger partial charge on any atom is 0.137 e. The van der Waals surface area contributed by atoms with Gasteiger partial charge in [-0.2, -0.15) is 0 Å². The van der Waals surface area contributed by atoms with Crippen molar-refractivity contribution < 1.29 is 8.83 Å². The van der Waals surface area contributed by atoms with Crippen molar-refractivity contribution in [3.8, 4) is 61.5 Å². The molecular formula is C59H36N2O2. The van der Waals surface area contributed by atoms with Gasteiger partial charge in [0.15, 0.2) is 0 Å². The molecule has 0 bridgehead atoms. The highest BCUT2D eigenvalue weighted by molar-refractivity contribution is 6.12. The van der Waals surface area contributed by atoms with Crippen LogP contribution in [0.5, 0.6) is 0 Å². The number of para-hydroxylation sites is 2. The molecule has 294 valence electrons. The second-order valence-electron chi connectivity index (χ2n) is 16.3. The van der Waals surface area contributed by atoms with E-state index in [4.69, 9.17) is 13.8 Å². The lowest BCUT2D eigenvalue weighted by Gasteiger charge is -2.10. The third-order valence-electron chi connectivity index (χ3n) is 12.7. The van der Waals surface area contributed by atoms with Crippen LogP contribution in [0, 0.1) is 0 Å². The van der Waals surface area contributed by atoms with E-state index in [2.05, 4.69) is 187 Å². The van der Waals surface area contributed by atoms with Crippen molar-refractivity contribution in [3.63, 3.8) is 0 Å². The van der Waals surface area contributed by atoms with Crippen LogP contribution in [0.25, 0.3) is 127 Å². The van der Waals surface area contributed by atoms with Gasteiger partial charge in [-0.25, -0.2) is 4.98 Å². The molecule has 0 N–H and O–H groups in total. The van der Waals surface area contributed by atoms with Crippen LogP contribution in [0.1, 0.15) is 0 Å².